The van der Waals surface area contributed by atoms with E-state index in [4.69, 9.17) is 9.15 Å². The Morgan fingerprint density at radius 2 is 1.94 bits per heavy atom. The van der Waals surface area contributed by atoms with Crippen molar-refractivity contribution >= 4 is 28.8 Å². The number of fused-ring (bicyclic) bond motifs is 1. The van der Waals surface area contributed by atoms with Gasteiger partial charge in [0.15, 0.2) is 11.2 Å². The van der Waals surface area contributed by atoms with E-state index >= 15 is 0 Å². The number of morpholine rings is 1. The molecule has 36 heavy (non-hydrogen) atoms. The first-order chi connectivity index (χ1) is 17.4. The Morgan fingerprint density at radius 1 is 1.19 bits per heavy atom. The van der Waals surface area contributed by atoms with Gasteiger partial charge in [-0.1, -0.05) is 44.3 Å². The van der Waals surface area contributed by atoms with Gasteiger partial charge in [-0.05, 0) is 37.8 Å². The van der Waals surface area contributed by atoms with E-state index in [0.717, 1.165) is 6.42 Å². The summed E-state index contributed by atoms with van der Waals surface area (Å²) in [5.74, 6) is -0.923. The van der Waals surface area contributed by atoms with Crippen LogP contribution < -0.4 is 5.32 Å². The highest BCUT2D eigenvalue weighted by molar-refractivity contribution is 6.02. The van der Waals surface area contributed by atoms with Gasteiger partial charge in [-0.2, -0.15) is 4.98 Å². The van der Waals surface area contributed by atoms with Crippen molar-refractivity contribution in [3.05, 3.63) is 36.4 Å². The van der Waals surface area contributed by atoms with Crippen LogP contribution in [0.25, 0.3) is 11.2 Å². The number of carbonyl (C=O) groups excluding carboxylic acids is 3. The molecule has 2 fully saturated rings. The Morgan fingerprint density at radius 3 is 2.64 bits per heavy atom. The normalized spacial score (nSPS) is 18.5. The molecular weight excluding hydrogens is 460 g/mol. The number of Topliss-reactive ketones (excluding diaryl/α,β-unsaturated/α-hetero) is 1. The highest BCUT2D eigenvalue weighted by Gasteiger charge is 2.32. The average Bonchev–Trinajstić information content (AvgIpc) is 3.34. The maximum absolute atomic E-state index is 13.5. The Balaban J connectivity index is 1.46. The molecule has 1 N–H and O–H groups in total. The molecule has 2 atom stereocenters. The fourth-order valence-corrected chi connectivity index (χ4v) is 5.06. The molecule has 4 rings (SSSR count). The van der Waals surface area contributed by atoms with Crippen molar-refractivity contribution in [1.82, 2.24) is 20.2 Å². The minimum Gasteiger partial charge on any atom is -0.432 e. The van der Waals surface area contributed by atoms with E-state index in [1.165, 1.54) is 32.1 Å². The summed E-state index contributed by atoms with van der Waals surface area (Å²) in [4.78, 5) is 49.8. The van der Waals surface area contributed by atoms with Crippen LogP contribution in [-0.2, 0) is 14.3 Å². The molecule has 3 heterocycles. The summed E-state index contributed by atoms with van der Waals surface area (Å²) < 4.78 is 10.9. The van der Waals surface area contributed by atoms with Gasteiger partial charge >= 0.3 is 0 Å². The molecule has 0 spiro atoms. The summed E-state index contributed by atoms with van der Waals surface area (Å²) in [6.45, 7) is 7.69. The van der Waals surface area contributed by atoms with Crippen molar-refractivity contribution in [2.75, 3.05) is 26.3 Å². The first kappa shape index (κ1) is 26.0. The van der Waals surface area contributed by atoms with Gasteiger partial charge in [-0.15, -0.1) is 0 Å². The van der Waals surface area contributed by atoms with Crippen molar-refractivity contribution in [1.29, 1.82) is 0 Å². The van der Waals surface area contributed by atoms with Gasteiger partial charge in [-0.25, -0.2) is 4.98 Å². The molecule has 9 nitrogen and oxygen atoms in total. The number of rotatable bonds is 10. The monoisotopic (exact) mass is 496 g/mol. The van der Waals surface area contributed by atoms with Gasteiger partial charge in [0.1, 0.15) is 6.04 Å². The molecule has 2 aromatic heterocycles. The largest absolute Gasteiger partial charge is 0.432 e. The number of hydrogen-bond donors (Lipinski definition) is 1. The van der Waals surface area contributed by atoms with Crippen LogP contribution in [-0.4, -0.2) is 64.8 Å². The third-order valence-electron chi connectivity index (χ3n) is 7.22. The Bertz CT molecular complexity index is 1050. The first-order valence-corrected chi connectivity index (χ1v) is 13.0. The van der Waals surface area contributed by atoms with Crippen LogP contribution in [0.4, 0.5) is 0 Å². The molecular formula is C27H36N4O5. The minimum absolute atomic E-state index is 0.0506. The lowest BCUT2D eigenvalue weighted by atomic mass is 9.83. The van der Waals surface area contributed by atoms with Crippen LogP contribution in [0.2, 0.25) is 0 Å². The van der Waals surface area contributed by atoms with Crippen molar-refractivity contribution in [3.63, 3.8) is 0 Å². The lowest BCUT2D eigenvalue weighted by molar-refractivity contribution is -0.139. The average molecular weight is 497 g/mol. The van der Waals surface area contributed by atoms with E-state index in [1.54, 1.807) is 30.2 Å². The highest BCUT2D eigenvalue weighted by Crippen LogP contribution is 2.30. The van der Waals surface area contributed by atoms with Crippen molar-refractivity contribution in [2.45, 2.75) is 64.3 Å². The second kappa shape index (κ2) is 12.3. The second-order valence-corrected chi connectivity index (χ2v) is 9.97. The number of amides is 2. The molecule has 1 saturated heterocycles. The van der Waals surface area contributed by atoms with Crippen LogP contribution in [0, 0.1) is 11.8 Å². The summed E-state index contributed by atoms with van der Waals surface area (Å²) in [5, 5.41) is 2.85. The van der Waals surface area contributed by atoms with E-state index in [1.807, 2.05) is 0 Å². The van der Waals surface area contributed by atoms with Crippen molar-refractivity contribution in [2.24, 2.45) is 11.8 Å². The zero-order valence-electron chi connectivity index (χ0n) is 21.0. The molecule has 1 saturated carbocycles. The summed E-state index contributed by atoms with van der Waals surface area (Å²) in [6.07, 6.45) is 9.24. The number of pyridine rings is 1. The zero-order chi connectivity index (χ0) is 25.5. The maximum Gasteiger partial charge on any atom is 0.268 e. The molecule has 2 aliphatic rings. The van der Waals surface area contributed by atoms with Crippen LogP contribution in [0.5, 0.6) is 0 Å². The van der Waals surface area contributed by atoms with E-state index in [2.05, 4.69) is 21.9 Å². The van der Waals surface area contributed by atoms with E-state index in [0.29, 0.717) is 55.4 Å². The number of nitrogens with zero attached hydrogens (tertiary/aromatic N) is 3. The number of aromatic nitrogens is 2. The molecule has 0 radical (unpaired) electrons. The number of ether oxygens (including phenoxy) is 1. The zero-order valence-corrected chi connectivity index (χ0v) is 21.0. The quantitative estimate of drug-likeness (QED) is 0.394. The molecule has 2 amide bonds. The standard InChI is InChI=1S/C27H36N4O5/c1-18(2)23(24(33)27-30-25-21(36-27)9-6-12-28-25)29-26(34)20(11-10-19-7-4-3-5-8-19)17-22(32)31-13-15-35-16-14-31/h6,9,12,19-20,23H,1,3-5,7-8,10-11,13-17H2,2H3,(H,29,34)/t20?,23-/m0/s1. The lowest BCUT2D eigenvalue weighted by Crippen LogP contribution is -2.46. The molecule has 0 bridgehead atoms. The lowest BCUT2D eigenvalue weighted by Gasteiger charge is -2.29. The minimum atomic E-state index is -0.999. The van der Waals surface area contributed by atoms with Crippen LogP contribution in [0.1, 0.15) is 69.0 Å². The Hall–Kier alpha value is -3.07. The van der Waals surface area contributed by atoms with E-state index in [-0.39, 0.29) is 24.1 Å². The third kappa shape index (κ3) is 6.57. The number of hydrogen-bond acceptors (Lipinski definition) is 7. The molecule has 1 aliphatic heterocycles. The SMILES string of the molecule is C=C(C)[C@H](NC(=O)C(CCC1CCCCC1)CC(=O)N1CCOCC1)C(=O)c1nc2ncccc2o1. The van der Waals surface area contributed by atoms with Gasteiger partial charge in [0.05, 0.1) is 13.2 Å². The Labute approximate surface area is 211 Å². The predicted molar refractivity (Wildman–Crippen MR) is 134 cm³/mol. The molecule has 1 unspecified atom stereocenters. The topological polar surface area (TPSA) is 115 Å². The fraction of sp³-hybridized carbons (Fsp3) is 0.593. The molecule has 2 aromatic rings. The van der Waals surface area contributed by atoms with Gasteiger partial charge < -0.3 is 19.4 Å². The van der Waals surface area contributed by atoms with Gasteiger partial charge in [0, 0.05) is 31.6 Å². The summed E-state index contributed by atoms with van der Waals surface area (Å²) in [6, 6.07) is 2.38. The van der Waals surface area contributed by atoms with E-state index in [9.17, 15) is 14.4 Å². The highest BCUT2D eigenvalue weighted by atomic mass is 16.5. The molecule has 0 aromatic carbocycles. The van der Waals surface area contributed by atoms with E-state index < -0.39 is 17.7 Å². The second-order valence-electron chi connectivity index (χ2n) is 9.97. The number of carbonyl (C=O) groups is 3. The molecule has 194 valence electrons. The summed E-state index contributed by atoms with van der Waals surface area (Å²) >= 11 is 0. The van der Waals surface area contributed by atoms with Crippen molar-refractivity contribution in [3.8, 4) is 0 Å². The van der Waals surface area contributed by atoms with Crippen molar-refractivity contribution < 1.29 is 23.5 Å². The third-order valence-corrected chi connectivity index (χ3v) is 7.22. The maximum atomic E-state index is 13.5. The van der Waals surface area contributed by atoms with Crippen LogP contribution in [0.15, 0.2) is 34.9 Å². The molecule has 1 aliphatic carbocycles. The smallest absolute Gasteiger partial charge is 0.268 e. The van der Waals surface area contributed by atoms with Gasteiger partial charge in [0.2, 0.25) is 17.6 Å². The number of nitrogens with one attached hydrogen (secondary N) is 1. The predicted octanol–water partition coefficient (Wildman–Crippen LogP) is 3.69. The number of ketones is 1. The molecule has 9 heteroatoms. The summed E-state index contributed by atoms with van der Waals surface area (Å²) in [5.41, 5.74) is 1.19. The summed E-state index contributed by atoms with van der Waals surface area (Å²) in [7, 11) is 0. The number of oxazole rings is 1. The Kier molecular flexibility index (Phi) is 8.85. The van der Waals surface area contributed by atoms with Gasteiger partial charge in [0.25, 0.3) is 5.89 Å². The first-order valence-electron chi connectivity index (χ1n) is 13.0. The van der Waals surface area contributed by atoms with Crippen LogP contribution >= 0.6 is 0 Å². The van der Waals surface area contributed by atoms with Gasteiger partial charge in [-0.3, -0.25) is 14.4 Å². The fourth-order valence-electron chi connectivity index (χ4n) is 5.06. The van der Waals surface area contributed by atoms with Crippen LogP contribution in [0.3, 0.4) is 0 Å².